The number of carbonyl (C=O) groups is 1. The van der Waals surface area contributed by atoms with Crippen LogP contribution in [0.4, 0.5) is 0 Å². The molecule has 3 aromatic rings. The summed E-state index contributed by atoms with van der Waals surface area (Å²) in [5.41, 5.74) is 4.64. The number of rotatable bonds is 5. The second kappa shape index (κ2) is 7.26. The highest BCUT2D eigenvalue weighted by molar-refractivity contribution is 7.98. The summed E-state index contributed by atoms with van der Waals surface area (Å²) in [6, 6.07) is 11.8. The number of benzene rings is 1. The molecule has 0 spiro atoms. The zero-order valence-corrected chi connectivity index (χ0v) is 13.9. The Balaban J connectivity index is 1.68. The second-order valence-corrected chi connectivity index (χ2v) is 6.44. The van der Waals surface area contributed by atoms with Crippen LogP contribution in [0.25, 0.3) is 10.6 Å². The average Bonchev–Trinajstić information content (AvgIpc) is 3.26. The summed E-state index contributed by atoms with van der Waals surface area (Å²) in [6.45, 7) is 0. The summed E-state index contributed by atoms with van der Waals surface area (Å²) in [5, 5.41) is 12.8. The number of hydrogen-bond acceptors (Lipinski definition) is 5. The lowest BCUT2D eigenvalue weighted by Crippen LogP contribution is -2.17. The molecule has 0 aliphatic heterocycles. The van der Waals surface area contributed by atoms with Gasteiger partial charge in [-0.25, -0.2) is 5.43 Å². The number of nitrogens with zero attached hydrogens (tertiary/aromatic N) is 2. The predicted octanol–water partition coefficient (Wildman–Crippen LogP) is 3.62. The van der Waals surface area contributed by atoms with Crippen molar-refractivity contribution in [3.8, 4) is 10.6 Å². The standard InChI is InChI=1S/C16H14N4OS2/c1-22-12-6-4-11(5-7-12)9-17-20-16(21)13-10-18-19-15(13)14-3-2-8-23-14/h2-10H,1H3,(H,18,19)(H,20,21). The van der Waals surface area contributed by atoms with Gasteiger partial charge in [-0.1, -0.05) is 18.2 Å². The minimum Gasteiger partial charge on any atom is -0.276 e. The molecule has 7 heteroatoms. The van der Waals surface area contributed by atoms with Crippen molar-refractivity contribution >= 4 is 35.2 Å². The Labute approximate surface area is 141 Å². The van der Waals surface area contributed by atoms with Gasteiger partial charge in [0.15, 0.2) is 0 Å². The Morgan fingerprint density at radius 3 is 2.87 bits per heavy atom. The Morgan fingerprint density at radius 1 is 1.35 bits per heavy atom. The van der Waals surface area contributed by atoms with E-state index in [9.17, 15) is 4.79 Å². The zero-order chi connectivity index (χ0) is 16.1. The summed E-state index contributed by atoms with van der Waals surface area (Å²) in [6.07, 6.45) is 5.15. The number of carbonyl (C=O) groups excluding carboxylic acids is 1. The topological polar surface area (TPSA) is 70.1 Å². The molecule has 0 fully saturated rings. The summed E-state index contributed by atoms with van der Waals surface area (Å²) < 4.78 is 0. The van der Waals surface area contributed by atoms with E-state index in [1.54, 1.807) is 29.3 Å². The van der Waals surface area contributed by atoms with Crippen molar-refractivity contribution in [1.29, 1.82) is 0 Å². The smallest absolute Gasteiger partial charge is 0.275 e. The van der Waals surface area contributed by atoms with E-state index in [0.717, 1.165) is 10.4 Å². The minimum absolute atomic E-state index is 0.292. The Hall–Kier alpha value is -2.38. The second-order valence-electron chi connectivity index (χ2n) is 4.61. The number of thiophene rings is 1. The van der Waals surface area contributed by atoms with E-state index in [2.05, 4.69) is 20.7 Å². The van der Waals surface area contributed by atoms with Crippen LogP contribution in [-0.4, -0.2) is 28.6 Å². The maximum Gasteiger partial charge on any atom is 0.275 e. The van der Waals surface area contributed by atoms with E-state index in [0.29, 0.717) is 11.3 Å². The third-order valence-electron chi connectivity index (χ3n) is 3.15. The number of nitrogens with one attached hydrogen (secondary N) is 2. The number of thioether (sulfide) groups is 1. The molecule has 1 amide bonds. The van der Waals surface area contributed by atoms with E-state index < -0.39 is 0 Å². The molecule has 0 saturated heterocycles. The molecule has 0 bridgehead atoms. The third kappa shape index (κ3) is 3.69. The van der Waals surface area contributed by atoms with E-state index >= 15 is 0 Å². The largest absolute Gasteiger partial charge is 0.276 e. The molecule has 0 atom stereocenters. The number of aromatic amines is 1. The fraction of sp³-hybridized carbons (Fsp3) is 0.0625. The SMILES string of the molecule is CSc1ccc(C=NNC(=O)c2cn[nH]c2-c2cccs2)cc1. The van der Waals surface area contributed by atoms with E-state index in [-0.39, 0.29) is 5.91 Å². The Bertz CT molecular complexity index is 807. The molecule has 5 nitrogen and oxygen atoms in total. The molecule has 0 aliphatic rings. The first kappa shape index (κ1) is 15.5. The van der Waals surface area contributed by atoms with Crippen LogP contribution < -0.4 is 5.43 Å². The molecule has 2 aromatic heterocycles. The highest BCUT2D eigenvalue weighted by atomic mass is 32.2. The number of hydrogen-bond donors (Lipinski definition) is 2. The van der Waals surface area contributed by atoms with Gasteiger partial charge in [-0.05, 0) is 35.4 Å². The molecular formula is C16H14N4OS2. The molecule has 3 rings (SSSR count). The highest BCUT2D eigenvalue weighted by Gasteiger charge is 2.15. The molecule has 2 N–H and O–H groups in total. The lowest BCUT2D eigenvalue weighted by molar-refractivity contribution is 0.0956. The van der Waals surface area contributed by atoms with Crippen LogP contribution in [0.3, 0.4) is 0 Å². The van der Waals surface area contributed by atoms with E-state index in [4.69, 9.17) is 0 Å². The molecule has 0 unspecified atom stereocenters. The summed E-state index contributed by atoms with van der Waals surface area (Å²) in [4.78, 5) is 14.4. The molecule has 0 saturated carbocycles. The van der Waals surface area contributed by atoms with Crippen molar-refractivity contribution in [1.82, 2.24) is 15.6 Å². The van der Waals surface area contributed by atoms with Crippen molar-refractivity contribution in [2.45, 2.75) is 4.90 Å². The minimum atomic E-state index is -0.292. The maximum absolute atomic E-state index is 12.2. The molecule has 2 heterocycles. The van der Waals surface area contributed by atoms with Crippen molar-refractivity contribution < 1.29 is 4.79 Å². The third-order valence-corrected chi connectivity index (χ3v) is 4.78. The first-order chi connectivity index (χ1) is 11.3. The van der Waals surface area contributed by atoms with Gasteiger partial charge in [0.05, 0.1) is 28.5 Å². The van der Waals surface area contributed by atoms with Gasteiger partial charge in [0.1, 0.15) is 0 Å². The fourth-order valence-corrected chi connectivity index (χ4v) is 3.13. The van der Waals surface area contributed by atoms with Crippen molar-refractivity contribution in [2.75, 3.05) is 6.26 Å². The van der Waals surface area contributed by atoms with Crippen LogP contribution in [-0.2, 0) is 0 Å². The van der Waals surface area contributed by atoms with Gasteiger partial charge in [-0.15, -0.1) is 23.1 Å². The van der Waals surface area contributed by atoms with Gasteiger partial charge < -0.3 is 0 Å². The summed E-state index contributed by atoms with van der Waals surface area (Å²) in [5.74, 6) is -0.292. The number of aromatic nitrogens is 2. The van der Waals surface area contributed by atoms with Crippen LogP contribution in [0, 0.1) is 0 Å². The van der Waals surface area contributed by atoms with Crippen LogP contribution in [0.15, 0.2) is 58.0 Å². The van der Waals surface area contributed by atoms with Gasteiger partial charge in [-0.2, -0.15) is 10.2 Å². The van der Waals surface area contributed by atoms with E-state index in [1.165, 1.54) is 11.1 Å². The van der Waals surface area contributed by atoms with Crippen LogP contribution in [0.2, 0.25) is 0 Å². The number of hydrazone groups is 1. The van der Waals surface area contributed by atoms with Gasteiger partial charge in [0.25, 0.3) is 5.91 Å². The molecule has 1 aromatic carbocycles. The zero-order valence-electron chi connectivity index (χ0n) is 12.3. The first-order valence-electron chi connectivity index (χ1n) is 6.82. The van der Waals surface area contributed by atoms with Gasteiger partial charge in [-0.3, -0.25) is 9.89 Å². The number of H-pyrrole nitrogens is 1. The lowest BCUT2D eigenvalue weighted by atomic mass is 10.2. The molecule has 0 radical (unpaired) electrons. The van der Waals surface area contributed by atoms with Crippen molar-refractivity contribution in [3.63, 3.8) is 0 Å². The lowest BCUT2D eigenvalue weighted by Gasteiger charge is -2.00. The van der Waals surface area contributed by atoms with Gasteiger partial charge in [0, 0.05) is 4.90 Å². The molecule has 0 aliphatic carbocycles. The van der Waals surface area contributed by atoms with Crippen LogP contribution in [0.5, 0.6) is 0 Å². The molecule has 23 heavy (non-hydrogen) atoms. The fourth-order valence-electron chi connectivity index (χ4n) is 1.98. The van der Waals surface area contributed by atoms with Gasteiger partial charge in [0.2, 0.25) is 0 Å². The Morgan fingerprint density at radius 2 is 2.17 bits per heavy atom. The normalized spacial score (nSPS) is 11.0. The van der Waals surface area contributed by atoms with Crippen molar-refractivity contribution in [3.05, 3.63) is 59.1 Å². The van der Waals surface area contributed by atoms with Crippen molar-refractivity contribution in [2.24, 2.45) is 5.10 Å². The quantitative estimate of drug-likeness (QED) is 0.423. The first-order valence-corrected chi connectivity index (χ1v) is 8.93. The highest BCUT2D eigenvalue weighted by Crippen LogP contribution is 2.25. The van der Waals surface area contributed by atoms with E-state index in [1.807, 2.05) is 48.0 Å². The molecule has 116 valence electrons. The Kier molecular flexibility index (Phi) is 4.89. The summed E-state index contributed by atoms with van der Waals surface area (Å²) >= 11 is 3.23. The molecular weight excluding hydrogens is 328 g/mol. The average molecular weight is 342 g/mol. The maximum atomic E-state index is 12.2. The van der Waals surface area contributed by atoms with Crippen LogP contribution >= 0.6 is 23.1 Å². The summed E-state index contributed by atoms with van der Waals surface area (Å²) in [7, 11) is 0. The predicted molar refractivity (Wildman–Crippen MR) is 95.2 cm³/mol. The van der Waals surface area contributed by atoms with Crippen LogP contribution in [0.1, 0.15) is 15.9 Å². The van der Waals surface area contributed by atoms with Gasteiger partial charge >= 0.3 is 0 Å². The number of amides is 1. The monoisotopic (exact) mass is 342 g/mol.